The van der Waals surface area contributed by atoms with Gasteiger partial charge >= 0.3 is 0 Å². The van der Waals surface area contributed by atoms with Gasteiger partial charge in [0.25, 0.3) is 0 Å². The van der Waals surface area contributed by atoms with Gasteiger partial charge in [-0.2, -0.15) is 0 Å². The molecule has 1 aliphatic heterocycles. The van der Waals surface area contributed by atoms with Gasteiger partial charge in [-0.1, -0.05) is 12.1 Å². The molecular weight excluding hydrogens is 345 g/mol. The number of anilines is 2. The van der Waals surface area contributed by atoms with Crippen LogP contribution in [0.25, 0.3) is 0 Å². The van der Waals surface area contributed by atoms with Crippen LogP contribution in [0.5, 0.6) is 0 Å². The van der Waals surface area contributed by atoms with Gasteiger partial charge in [0, 0.05) is 56.1 Å². The number of carbonyl (C=O) groups excluding carboxylic acids is 2. The predicted molar refractivity (Wildman–Crippen MR) is 105 cm³/mol. The minimum atomic E-state index is -0.242. The Morgan fingerprint density at radius 2 is 1.74 bits per heavy atom. The molecule has 5 nitrogen and oxygen atoms in total. The summed E-state index contributed by atoms with van der Waals surface area (Å²) in [6.45, 7) is 4.87. The Bertz CT molecular complexity index is 799. The second-order valence-electron chi connectivity index (χ2n) is 6.66. The van der Waals surface area contributed by atoms with Crippen molar-refractivity contribution in [3.8, 4) is 0 Å². The molecule has 1 amide bonds. The number of rotatable bonds is 6. The number of nitrogens with one attached hydrogen (secondary N) is 1. The van der Waals surface area contributed by atoms with E-state index in [1.54, 1.807) is 24.3 Å². The number of ketones is 1. The SMILES string of the molecule is CC(=O)c1cccc(NCCC(=O)N2CCN(c3ccc(F)cc3)CC2)c1. The van der Waals surface area contributed by atoms with Crippen molar-refractivity contribution in [1.82, 2.24) is 4.90 Å². The highest BCUT2D eigenvalue weighted by molar-refractivity contribution is 5.94. The number of carbonyl (C=O) groups is 2. The minimum absolute atomic E-state index is 0.0220. The standard InChI is InChI=1S/C21H24FN3O2/c1-16(26)17-3-2-4-19(15-17)23-10-9-21(27)25-13-11-24(12-14-25)20-7-5-18(22)6-8-20/h2-8,15,23H,9-14H2,1H3. The first-order valence-electron chi connectivity index (χ1n) is 9.16. The van der Waals surface area contributed by atoms with E-state index in [-0.39, 0.29) is 17.5 Å². The lowest BCUT2D eigenvalue weighted by atomic mass is 10.1. The van der Waals surface area contributed by atoms with Gasteiger partial charge < -0.3 is 15.1 Å². The molecule has 0 atom stereocenters. The van der Waals surface area contributed by atoms with Crippen molar-refractivity contribution in [3.05, 3.63) is 59.9 Å². The Morgan fingerprint density at radius 3 is 2.41 bits per heavy atom. The maximum absolute atomic E-state index is 13.0. The summed E-state index contributed by atoms with van der Waals surface area (Å²) >= 11 is 0. The highest BCUT2D eigenvalue weighted by atomic mass is 19.1. The van der Waals surface area contributed by atoms with Crippen molar-refractivity contribution in [2.75, 3.05) is 42.9 Å². The van der Waals surface area contributed by atoms with E-state index in [4.69, 9.17) is 0 Å². The fourth-order valence-corrected chi connectivity index (χ4v) is 3.19. The van der Waals surface area contributed by atoms with Gasteiger partial charge in [-0.05, 0) is 43.3 Å². The molecule has 27 heavy (non-hydrogen) atoms. The maximum atomic E-state index is 13.0. The highest BCUT2D eigenvalue weighted by Gasteiger charge is 2.20. The van der Waals surface area contributed by atoms with E-state index in [1.807, 2.05) is 17.0 Å². The summed E-state index contributed by atoms with van der Waals surface area (Å²) in [5, 5.41) is 3.20. The maximum Gasteiger partial charge on any atom is 0.224 e. The Labute approximate surface area is 158 Å². The molecule has 0 aromatic heterocycles. The van der Waals surface area contributed by atoms with Crippen LogP contribution in [0.4, 0.5) is 15.8 Å². The lowest BCUT2D eigenvalue weighted by Gasteiger charge is -2.36. The number of hydrogen-bond donors (Lipinski definition) is 1. The molecule has 142 valence electrons. The lowest BCUT2D eigenvalue weighted by Crippen LogP contribution is -2.49. The fourth-order valence-electron chi connectivity index (χ4n) is 3.19. The lowest BCUT2D eigenvalue weighted by molar-refractivity contribution is -0.131. The van der Waals surface area contributed by atoms with Crippen LogP contribution in [0.1, 0.15) is 23.7 Å². The second kappa shape index (κ2) is 8.66. The van der Waals surface area contributed by atoms with Crippen molar-refractivity contribution in [2.24, 2.45) is 0 Å². The quantitative estimate of drug-likeness (QED) is 0.795. The number of nitrogens with zero attached hydrogens (tertiary/aromatic N) is 2. The molecular formula is C21H24FN3O2. The molecule has 0 aliphatic carbocycles. The van der Waals surface area contributed by atoms with Gasteiger partial charge in [0.1, 0.15) is 5.82 Å². The number of benzene rings is 2. The van der Waals surface area contributed by atoms with Crippen molar-refractivity contribution in [1.29, 1.82) is 0 Å². The number of piperazine rings is 1. The zero-order valence-electron chi connectivity index (χ0n) is 15.5. The van der Waals surface area contributed by atoms with Gasteiger partial charge in [0.15, 0.2) is 5.78 Å². The summed E-state index contributed by atoms with van der Waals surface area (Å²) in [7, 11) is 0. The Morgan fingerprint density at radius 1 is 1.04 bits per heavy atom. The molecule has 1 saturated heterocycles. The van der Waals surface area contributed by atoms with E-state index in [1.165, 1.54) is 19.1 Å². The Balaban J connectivity index is 1.44. The number of hydrogen-bond acceptors (Lipinski definition) is 4. The summed E-state index contributed by atoms with van der Waals surface area (Å²) in [4.78, 5) is 27.9. The van der Waals surface area contributed by atoms with Crippen LogP contribution in [0, 0.1) is 5.82 Å². The molecule has 2 aromatic carbocycles. The van der Waals surface area contributed by atoms with E-state index in [9.17, 15) is 14.0 Å². The number of amides is 1. The monoisotopic (exact) mass is 369 g/mol. The molecule has 1 heterocycles. The van der Waals surface area contributed by atoms with Crippen molar-refractivity contribution in [3.63, 3.8) is 0 Å². The van der Waals surface area contributed by atoms with Crippen molar-refractivity contribution in [2.45, 2.75) is 13.3 Å². The first-order chi connectivity index (χ1) is 13.0. The molecule has 2 aromatic rings. The fraction of sp³-hybridized carbons (Fsp3) is 0.333. The van der Waals surface area contributed by atoms with Gasteiger partial charge in [0.05, 0.1) is 0 Å². The largest absolute Gasteiger partial charge is 0.385 e. The molecule has 0 radical (unpaired) electrons. The molecule has 0 bridgehead atoms. The van der Waals surface area contributed by atoms with Gasteiger partial charge in [-0.25, -0.2) is 4.39 Å². The predicted octanol–water partition coefficient (Wildman–Crippen LogP) is 3.18. The zero-order chi connectivity index (χ0) is 19.2. The summed E-state index contributed by atoms with van der Waals surface area (Å²) in [6.07, 6.45) is 0.404. The average molecular weight is 369 g/mol. The van der Waals surface area contributed by atoms with Gasteiger partial charge in [-0.15, -0.1) is 0 Å². The highest BCUT2D eigenvalue weighted by Crippen LogP contribution is 2.17. The van der Waals surface area contributed by atoms with Crippen molar-refractivity contribution < 1.29 is 14.0 Å². The molecule has 1 aliphatic rings. The smallest absolute Gasteiger partial charge is 0.224 e. The summed E-state index contributed by atoms with van der Waals surface area (Å²) in [5.74, 6) is -0.105. The normalized spacial score (nSPS) is 14.1. The number of halogens is 1. The molecule has 3 rings (SSSR count). The zero-order valence-corrected chi connectivity index (χ0v) is 15.5. The topological polar surface area (TPSA) is 52.7 Å². The van der Waals surface area contributed by atoms with E-state index in [0.29, 0.717) is 31.6 Å². The molecule has 1 fully saturated rings. The molecule has 1 N–H and O–H groups in total. The van der Waals surface area contributed by atoms with Gasteiger partial charge in [-0.3, -0.25) is 9.59 Å². The molecule has 0 saturated carbocycles. The summed E-state index contributed by atoms with van der Waals surface area (Å²) in [5.41, 5.74) is 2.48. The van der Waals surface area contributed by atoms with Crippen LogP contribution in [0.2, 0.25) is 0 Å². The Kier molecular flexibility index (Phi) is 6.06. The van der Waals surface area contributed by atoms with Crippen LogP contribution >= 0.6 is 0 Å². The molecule has 0 spiro atoms. The van der Waals surface area contributed by atoms with Gasteiger partial charge in [0.2, 0.25) is 5.91 Å². The van der Waals surface area contributed by atoms with Crippen LogP contribution in [-0.2, 0) is 4.79 Å². The third-order valence-corrected chi connectivity index (χ3v) is 4.76. The Hall–Kier alpha value is -2.89. The second-order valence-corrected chi connectivity index (χ2v) is 6.66. The third-order valence-electron chi connectivity index (χ3n) is 4.76. The third kappa shape index (κ3) is 5.06. The van der Waals surface area contributed by atoms with E-state index < -0.39 is 0 Å². The van der Waals surface area contributed by atoms with Crippen LogP contribution < -0.4 is 10.2 Å². The summed E-state index contributed by atoms with van der Waals surface area (Å²) in [6, 6.07) is 13.7. The average Bonchev–Trinajstić information content (AvgIpc) is 2.69. The van der Waals surface area contributed by atoms with E-state index >= 15 is 0 Å². The van der Waals surface area contributed by atoms with Crippen LogP contribution in [-0.4, -0.2) is 49.3 Å². The van der Waals surface area contributed by atoms with Crippen LogP contribution in [0.15, 0.2) is 48.5 Å². The van der Waals surface area contributed by atoms with E-state index in [2.05, 4.69) is 10.2 Å². The first-order valence-corrected chi connectivity index (χ1v) is 9.16. The molecule has 0 unspecified atom stereocenters. The van der Waals surface area contributed by atoms with Crippen molar-refractivity contribution >= 4 is 23.1 Å². The first kappa shape index (κ1) is 18.9. The van der Waals surface area contributed by atoms with Crippen LogP contribution in [0.3, 0.4) is 0 Å². The molecule has 6 heteroatoms. The van der Waals surface area contributed by atoms with E-state index in [0.717, 1.165) is 24.5 Å². The number of Topliss-reactive ketones (excluding diaryl/α,β-unsaturated/α-hetero) is 1. The summed E-state index contributed by atoms with van der Waals surface area (Å²) < 4.78 is 13.0. The minimum Gasteiger partial charge on any atom is -0.385 e.